The summed E-state index contributed by atoms with van der Waals surface area (Å²) >= 11 is 0. The molecule has 0 unspecified atom stereocenters. The van der Waals surface area contributed by atoms with Crippen molar-refractivity contribution < 1.29 is 29.0 Å². The lowest BCUT2D eigenvalue weighted by Gasteiger charge is -2.09. The van der Waals surface area contributed by atoms with Crippen LogP contribution in [0.15, 0.2) is 72.8 Å². The minimum Gasteiger partial charge on any atom is -0.494 e. The summed E-state index contributed by atoms with van der Waals surface area (Å²) in [6.45, 7) is 2.97. The van der Waals surface area contributed by atoms with E-state index in [1.807, 2.05) is 36.4 Å². The van der Waals surface area contributed by atoms with Gasteiger partial charge < -0.3 is 14.6 Å². The number of Topliss-reactive ketones (excluding diaryl/α,β-unsaturated/α-hetero) is 1. The highest BCUT2D eigenvalue weighted by molar-refractivity contribution is 6.05. The minimum absolute atomic E-state index is 0.251. The molecule has 0 fully saturated rings. The molecule has 0 amide bonds. The Bertz CT molecular complexity index is 1160. The van der Waals surface area contributed by atoms with Crippen molar-refractivity contribution in [3.63, 3.8) is 0 Å². The average molecular weight is 517 g/mol. The third-order valence-electron chi connectivity index (χ3n) is 6.27. The van der Waals surface area contributed by atoms with Gasteiger partial charge in [-0.1, -0.05) is 76.1 Å². The smallest absolute Gasteiger partial charge is 0.343 e. The highest BCUT2D eigenvalue weighted by Gasteiger charge is 2.13. The summed E-state index contributed by atoms with van der Waals surface area (Å²) in [6, 6.07) is 20.9. The lowest BCUT2D eigenvalue weighted by Crippen LogP contribution is -2.09. The van der Waals surface area contributed by atoms with Crippen LogP contribution in [0.25, 0.3) is 11.1 Å². The number of carboxylic acid groups (broad SMARTS) is 1. The summed E-state index contributed by atoms with van der Waals surface area (Å²) in [5, 5.41) is 8.73. The molecule has 3 aromatic rings. The van der Waals surface area contributed by atoms with E-state index in [0.29, 0.717) is 5.56 Å². The van der Waals surface area contributed by atoms with Gasteiger partial charge in [-0.05, 0) is 66.1 Å². The number of esters is 1. The van der Waals surface area contributed by atoms with Crippen molar-refractivity contribution in [1.82, 2.24) is 0 Å². The van der Waals surface area contributed by atoms with E-state index in [1.165, 1.54) is 69.2 Å². The molecule has 0 aromatic heterocycles. The number of hydrogen-bond donors (Lipinski definition) is 1. The van der Waals surface area contributed by atoms with E-state index in [1.54, 1.807) is 12.1 Å². The average Bonchev–Trinajstić information content (AvgIpc) is 2.92. The number of carbonyl (C=O) groups excluding carboxylic acids is 2. The van der Waals surface area contributed by atoms with Crippen molar-refractivity contribution in [3.8, 4) is 22.6 Å². The Labute approximate surface area is 224 Å². The fourth-order valence-corrected chi connectivity index (χ4v) is 4.08. The van der Waals surface area contributed by atoms with E-state index in [0.717, 1.165) is 29.9 Å². The number of benzene rings is 3. The molecule has 1 N–H and O–H groups in total. The predicted molar refractivity (Wildman–Crippen MR) is 148 cm³/mol. The molecule has 38 heavy (non-hydrogen) atoms. The van der Waals surface area contributed by atoms with Crippen LogP contribution in [-0.4, -0.2) is 29.4 Å². The van der Waals surface area contributed by atoms with Crippen LogP contribution in [0.4, 0.5) is 0 Å². The zero-order chi connectivity index (χ0) is 27.2. The van der Waals surface area contributed by atoms with Crippen LogP contribution in [-0.2, 0) is 4.79 Å². The molecule has 6 nitrogen and oxygen atoms in total. The van der Waals surface area contributed by atoms with Crippen LogP contribution in [0, 0.1) is 0 Å². The molecule has 0 radical (unpaired) electrons. The van der Waals surface area contributed by atoms with Crippen LogP contribution >= 0.6 is 0 Å². The largest absolute Gasteiger partial charge is 0.494 e. The molecule has 6 heteroatoms. The van der Waals surface area contributed by atoms with Crippen LogP contribution in [0.2, 0.25) is 0 Å². The molecule has 0 aliphatic carbocycles. The van der Waals surface area contributed by atoms with Gasteiger partial charge in [0, 0.05) is 5.56 Å². The Balaban J connectivity index is 1.44. The highest BCUT2D eigenvalue weighted by atomic mass is 16.5. The summed E-state index contributed by atoms with van der Waals surface area (Å²) < 4.78 is 11.3. The van der Waals surface area contributed by atoms with Gasteiger partial charge in [-0.25, -0.2) is 4.79 Å². The number of hydrogen-bond acceptors (Lipinski definition) is 5. The number of carbonyl (C=O) groups is 3. The van der Waals surface area contributed by atoms with Gasteiger partial charge in [0.15, 0.2) is 5.78 Å². The molecule has 3 aromatic carbocycles. The van der Waals surface area contributed by atoms with E-state index in [2.05, 4.69) is 6.92 Å². The Morgan fingerprint density at radius 3 is 1.71 bits per heavy atom. The standard InChI is InChI=1S/C32H36O6/c1-2-3-4-5-6-7-8-9-22-37-28-18-14-25(15-19-28)24-10-12-27(13-11-24)32(36)38-29-20-16-26(17-21-29)30(33)23-31(34)35/h10-21H,2-9,22-23H2,1H3,(H,34,35). The molecule has 0 saturated carbocycles. The van der Waals surface area contributed by atoms with Gasteiger partial charge in [-0.2, -0.15) is 0 Å². The predicted octanol–water partition coefficient (Wildman–Crippen LogP) is 7.75. The number of ether oxygens (including phenoxy) is 2. The second-order valence-corrected chi connectivity index (χ2v) is 9.33. The third kappa shape index (κ3) is 9.51. The van der Waals surface area contributed by atoms with E-state index >= 15 is 0 Å². The van der Waals surface area contributed by atoms with Crippen molar-refractivity contribution in [2.75, 3.05) is 6.61 Å². The summed E-state index contributed by atoms with van der Waals surface area (Å²) in [5.74, 6) is -1.09. The first kappa shape index (κ1) is 28.6. The SMILES string of the molecule is CCCCCCCCCCOc1ccc(-c2ccc(C(=O)Oc3ccc(C(=O)CC(=O)O)cc3)cc2)cc1. The Morgan fingerprint density at radius 2 is 1.13 bits per heavy atom. The van der Waals surface area contributed by atoms with Gasteiger partial charge in [0.1, 0.15) is 17.9 Å². The second kappa shape index (κ2) is 15.4. The third-order valence-corrected chi connectivity index (χ3v) is 6.27. The summed E-state index contributed by atoms with van der Waals surface area (Å²) in [6.07, 6.45) is 9.60. The fraction of sp³-hybridized carbons (Fsp3) is 0.344. The number of aliphatic carboxylic acids is 1. The minimum atomic E-state index is -1.19. The number of ketones is 1. The normalized spacial score (nSPS) is 10.7. The van der Waals surface area contributed by atoms with Crippen molar-refractivity contribution in [1.29, 1.82) is 0 Å². The summed E-state index contributed by atoms with van der Waals surface area (Å²) in [5.41, 5.74) is 2.63. The molecule has 0 heterocycles. The quantitative estimate of drug-likeness (QED) is 0.0688. The first-order chi connectivity index (χ1) is 18.5. The van der Waals surface area contributed by atoms with Gasteiger partial charge in [0.25, 0.3) is 0 Å². The van der Waals surface area contributed by atoms with Crippen LogP contribution in [0.3, 0.4) is 0 Å². The van der Waals surface area contributed by atoms with Gasteiger partial charge in [0.05, 0.1) is 12.2 Å². The highest BCUT2D eigenvalue weighted by Crippen LogP contribution is 2.24. The van der Waals surface area contributed by atoms with Crippen molar-refractivity contribution in [3.05, 3.63) is 83.9 Å². The molecular formula is C32H36O6. The van der Waals surface area contributed by atoms with Crippen molar-refractivity contribution in [2.24, 2.45) is 0 Å². The molecule has 0 aliphatic heterocycles. The Morgan fingerprint density at radius 1 is 0.632 bits per heavy atom. The van der Waals surface area contributed by atoms with Crippen LogP contribution in [0.1, 0.15) is 85.4 Å². The first-order valence-corrected chi connectivity index (χ1v) is 13.4. The summed E-state index contributed by atoms with van der Waals surface area (Å²) in [4.78, 5) is 35.0. The topological polar surface area (TPSA) is 89.9 Å². The zero-order valence-corrected chi connectivity index (χ0v) is 22.0. The molecule has 0 saturated heterocycles. The van der Waals surface area contributed by atoms with E-state index < -0.39 is 24.1 Å². The maximum absolute atomic E-state index is 12.5. The summed E-state index contributed by atoms with van der Waals surface area (Å²) in [7, 11) is 0. The van der Waals surface area contributed by atoms with Gasteiger partial charge in [0.2, 0.25) is 0 Å². The maximum atomic E-state index is 12.5. The lowest BCUT2D eigenvalue weighted by atomic mass is 10.0. The molecular weight excluding hydrogens is 480 g/mol. The molecule has 0 aliphatic rings. The van der Waals surface area contributed by atoms with Crippen LogP contribution in [0.5, 0.6) is 11.5 Å². The Hall–Kier alpha value is -3.93. The van der Waals surface area contributed by atoms with Gasteiger partial charge in [-0.3, -0.25) is 9.59 Å². The molecule has 200 valence electrons. The molecule has 3 rings (SSSR count). The zero-order valence-electron chi connectivity index (χ0n) is 22.0. The Kier molecular flexibility index (Phi) is 11.6. The second-order valence-electron chi connectivity index (χ2n) is 9.33. The lowest BCUT2D eigenvalue weighted by molar-refractivity contribution is -0.135. The number of carboxylic acids is 1. The molecule has 0 atom stereocenters. The number of rotatable bonds is 16. The molecule has 0 bridgehead atoms. The van der Waals surface area contributed by atoms with Crippen molar-refractivity contribution in [2.45, 2.75) is 64.7 Å². The first-order valence-electron chi connectivity index (χ1n) is 13.4. The van der Waals surface area contributed by atoms with Gasteiger partial charge >= 0.3 is 11.9 Å². The van der Waals surface area contributed by atoms with E-state index in [4.69, 9.17) is 14.6 Å². The van der Waals surface area contributed by atoms with Crippen LogP contribution < -0.4 is 9.47 Å². The van der Waals surface area contributed by atoms with E-state index in [9.17, 15) is 14.4 Å². The van der Waals surface area contributed by atoms with Crippen molar-refractivity contribution >= 4 is 17.7 Å². The monoisotopic (exact) mass is 516 g/mol. The number of unbranched alkanes of at least 4 members (excludes halogenated alkanes) is 7. The fourth-order valence-electron chi connectivity index (χ4n) is 4.08. The maximum Gasteiger partial charge on any atom is 0.343 e. The molecule has 0 spiro atoms. The van der Waals surface area contributed by atoms with Gasteiger partial charge in [-0.15, -0.1) is 0 Å². The van der Waals surface area contributed by atoms with E-state index in [-0.39, 0.29) is 11.3 Å².